The number of hydrogen-bond donors (Lipinski definition) is 2. The third-order valence-electron chi connectivity index (χ3n) is 3.09. The maximum atomic E-state index is 5.73. The van der Waals surface area contributed by atoms with Crippen molar-refractivity contribution < 1.29 is 4.74 Å². The highest BCUT2D eigenvalue weighted by molar-refractivity contribution is 9.11. The summed E-state index contributed by atoms with van der Waals surface area (Å²) in [5.74, 6) is 6.61. The highest BCUT2D eigenvalue weighted by atomic mass is 79.9. The molecule has 1 atom stereocenters. The zero-order valence-electron chi connectivity index (χ0n) is 11.2. The van der Waals surface area contributed by atoms with Crippen molar-refractivity contribution in [3.05, 3.63) is 48.5 Å². The second-order valence-corrected chi connectivity index (χ2v) is 7.80. The number of aryl methyl sites for hydroxylation is 1. The number of methoxy groups -OCH3 is 1. The van der Waals surface area contributed by atoms with Crippen molar-refractivity contribution in [2.45, 2.75) is 19.4 Å². The minimum Gasteiger partial charge on any atom is -0.496 e. The number of rotatable bonds is 5. The molecule has 0 aliphatic heterocycles. The van der Waals surface area contributed by atoms with Gasteiger partial charge in [-0.2, -0.15) is 0 Å². The number of hydrogen-bond acceptors (Lipinski definition) is 4. The third-order valence-corrected chi connectivity index (χ3v) is 5.83. The van der Waals surface area contributed by atoms with Gasteiger partial charge in [0.1, 0.15) is 5.75 Å². The van der Waals surface area contributed by atoms with Crippen molar-refractivity contribution in [3.63, 3.8) is 0 Å². The number of halogens is 2. The standard InChI is InChI=1S/C14H16Br2N2OS/c1-8-5-13(20-14(8)16)11(18-17)7-9-6-10(15)3-4-12(9)19-2/h3-6,11,18H,7,17H2,1-2H3. The lowest BCUT2D eigenvalue weighted by molar-refractivity contribution is 0.406. The highest BCUT2D eigenvalue weighted by Crippen LogP contribution is 2.34. The van der Waals surface area contributed by atoms with Gasteiger partial charge in [0.25, 0.3) is 0 Å². The number of nitrogens with two attached hydrogens (primary N) is 1. The van der Waals surface area contributed by atoms with Crippen LogP contribution in [0.2, 0.25) is 0 Å². The maximum absolute atomic E-state index is 5.73. The molecule has 0 saturated carbocycles. The van der Waals surface area contributed by atoms with Crippen LogP contribution < -0.4 is 16.0 Å². The largest absolute Gasteiger partial charge is 0.496 e. The van der Waals surface area contributed by atoms with Crippen LogP contribution in [0.3, 0.4) is 0 Å². The molecular weight excluding hydrogens is 404 g/mol. The molecule has 1 aromatic heterocycles. The summed E-state index contributed by atoms with van der Waals surface area (Å²) in [6.07, 6.45) is 0.769. The van der Waals surface area contributed by atoms with E-state index in [9.17, 15) is 0 Å². The van der Waals surface area contributed by atoms with Gasteiger partial charge in [-0.05, 0) is 64.7 Å². The first kappa shape index (κ1) is 16.0. The summed E-state index contributed by atoms with van der Waals surface area (Å²) in [6.45, 7) is 2.08. The van der Waals surface area contributed by atoms with Crippen LogP contribution in [0.15, 0.2) is 32.5 Å². The van der Waals surface area contributed by atoms with Gasteiger partial charge in [-0.1, -0.05) is 15.9 Å². The Morgan fingerprint density at radius 1 is 1.35 bits per heavy atom. The van der Waals surface area contributed by atoms with E-state index in [1.165, 1.54) is 10.4 Å². The normalized spacial score (nSPS) is 12.4. The predicted molar refractivity (Wildman–Crippen MR) is 91.2 cm³/mol. The van der Waals surface area contributed by atoms with Gasteiger partial charge in [0, 0.05) is 9.35 Å². The summed E-state index contributed by atoms with van der Waals surface area (Å²) in [5.41, 5.74) is 5.24. The number of hydrazine groups is 1. The topological polar surface area (TPSA) is 47.3 Å². The van der Waals surface area contributed by atoms with Gasteiger partial charge in [-0.15, -0.1) is 11.3 Å². The molecule has 0 fully saturated rings. The van der Waals surface area contributed by atoms with Crippen LogP contribution in [0, 0.1) is 6.92 Å². The molecule has 3 N–H and O–H groups in total. The first-order valence-corrected chi connectivity index (χ1v) is 8.49. The first-order chi connectivity index (χ1) is 9.55. The van der Waals surface area contributed by atoms with E-state index in [1.54, 1.807) is 18.4 Å². The Morgan fingerprint density at radius 2 is 2.10 bits per heavy atom. The Balaban J connectivity index is 2.28. The minimum absolute atomic E-state index is 0.0631. The van der Waals surface area contributed by atoms with E-state index >= 15 is 0 Å². The van der Waals surface area contributed by atoms with Crippen molar-refractivity contribution in [1.29, 1.82) is 0 Å². The number of thiophene rings is 1. The van der Waals surface area contributed by atoms with Crippen LogP contribution in [0.4, 0.5) is 0 Å². The van der Waals surface area contributed by atoms with E-state index in [0.717, 1.165) is 26.0 Å². The van der Waals surface area contributed by atoms with Gasteiger partial charge in [0.2, 0.25) is 0 Å². The molecule has 1 aromatic carbocycles. The smallest absolute Gasteiger partial charge is 0.122 e. The molecule has 6 heteroatoms. The van der Waals surface area contributed by atoms with Crippen LogP contribution in [-0.4, -0.2) is 7.11 Å². The molecule has 0 spiro atoms. The molecule has 0 aliphatic carbocycles. The third kappa shape index (κ3) is 3.62. The molecule has 0 saturated heterocycles. The van der Waals surface area contributed by atoms with Crippen molar-refractivity contribution in [3.8, 4) is 5.75 Å². The molecule has 2 rings (SSSR count). The fourth-order valence-electron chi connectivity index (χ4n) is 2.02. The lowest BCUT2D eigenvalue weighted by atomic mass is 10.0. The van der Waals surface area contributed by atoms with Crippen molar-refractivity contribution in [2.75, 3.05) is 7.11 Å². The van der Waals surface area contributed by atoms with Gasteiger partial charge in [0.05, 0.1) is 16.9 Å². The number of nitrogens with one attached hydrogen (secondary N) is 1. The number of benzene rings is 1. The Hall–Kier alpha value is -0.400. The van der Waals surface area contributed by atoms with E-state index in [0.29, 0.717) is 0 Å². The predicted octanol–water partition coefficient (Wildman–Crippen LogP) is 4.34. The Labute approximate surface area is 139 Å². The number of ether oxygens (including phenoxy) is 1. The molecule has 2 aromatic rings. The molecule has 0 radical (unpaired) electrons. The van der Waals surface area contributed by atoms with Crippen LogP contribution >= 0.6 is 43.2 Å². The van der Waals surface area contributed by atoms with E-state index in [4.69, 9.17) is 10.6 Å². The summed E-state index contributed by atoms with van der Waals surface area (Å²) in [5, 5.41) is 0. The monoisotopic (exact) mass is 418 g/mol. The molecule has 3 nitrogen and oxygen atoms in total. The second-order valence-electron chi connectivity index (χ2n) is 4.49. The van der Waals surface area contributed by atoms with Gasteiger partial charge in [0.15, 0.2) is 0 Å². The molecule has 0 bridgehead atoms. The summed E-state index contributed by atoms with van der Waals surface area (Å²) >= 11 is 8.76. The van der Waals surface area contributed by atoms with E-state index in [1.807, 2.05) is 12.1 Å². The van der Waals surface area contributed by atoms with Gasteiger partial charge in [-0.3, -0.25) is 11.3 Å². The summed E-state index contributed by atoms with van der Waals surface area (Å²) in [7, 11) is 1.68. The molecule has 1 heterocycles. The average molecular weight is 420 g/mol. The van der Waals surface area contributed by atoms with Gasteiger partial charge in [-0.25, -0.2) is 0 Å². The molecule has 1 unspecified atom stereocenters. The molecule has 108 valence electrons. The van der Waals surface area contributed by atoms with Crippen LogP contribution in [0.25, 0.3) is 0 Å². The average Bonchev–Trinajstić information content (AvgIpc) is 2.76. The Kier molecular flexibility index (Phi) is 5.63. The summed E-state index contributed by atoms with van der Waals surface area (Å²) in [6, 6.07) is 8.22. The Bertz CT molecular complexity index is 581. The van der Waals surface area contributed by atoms with Crippen LogP contribution in [0.5, 0.6) is 5.75 Å². The minimum atomic E-state index is 0.0631. The zero-order chi connectivity index (χ0) is 14.7. The highest BCUT2D eigenvalue weighted by Gasteiger charge is 2.17. The van der Waals surface area contributed by atoms with E-state index in [2.05, 4.69) is 56.3 Å². The van der Waals surface area contributed by atoms with Crippen LogP contribution in [0.1, 0.15) is 22.0 Å². The fourth-order valence-corrected chi connectivity index (χ4v) is 4.06. The summed E-state index contributed by atoms with van der Waals surface area (Å²) < 4.78 is 7.60. The SMILES string of the molecule is COc1ccc(Br)cc1CC(NN)c1cc(C)c(Br)s1. The summed E-state index contributed by atoms with van der Waals surface area (Å²) in [4.78, 5) is 1.21. The van der Waals surface area contributed by atoms with Crippen molar-refractivity contribution >= 4 is 43.2 Å². The van der Waals surface area contributed by atoms with E-state index in [-0.39, 0.29) is 6.04 Å². The second kappa shape index (κ2) is 7.04. The Morgan fingerprint density at radius 3 is 2.65 bits per heavy atom. The van der Waals surface area contributed by atoms with Gasteiger partial charge < -0.3 is 4.74 Å². The molecular formula is C14H16Br2N2OS. The molecule has 20 heavy (non-hydrogen) atoms. The first-order valence-electron chi connectivity index (χ1n) is 6.09. The molecule has 0 amide bonds. The zero-order valence-corrected chi connectivity index (χ0v) is 15.2. The lowest BCUT2D eigenvalue weighted by Gasteiger charge is -2.16. The van der Waals surface area contributed by atoms with Crippen molar-refractivity contribution in [1.82, 2.24) is 5.43 Å². The van der Waals surface area contributed by atoms with Crippen molar-refractivity contribution in [2.24, 2.45) is 5.84 Å². The maximum Gasteiger partial charge on any atom is 0.122 e. The van der Waals surface area contributed by atoms with E-state index < -0.39 is 0 Å². The lowest BCUT2D eigenvalue weighted by Crippen LogP contribution is -2.29. The fraction of sp³-hybridized carbons (Fsp3) is 0.286. The van der Waals surface area contributed by atoms with Crippen LogP contribution in [-0.2, 0) is 6.42 Å². The van der Waals surface area contributed by atoms with Gasteiger partial charge >= 0.3 is 0 Å². The quantitative estimate of drug-likeness (QED) is 0.559. The molecule has 0 aliphatic rings.